The highest BCUT2D eigenvalue weighted by Crippen LogP contribution is 2.16. The van der Waals surface area contributed by atoms with Gasteiger partial charge in [-0.1, -0.05) is 6.42 Å². The minimum Gasteiger partial charge on any atom is -0.381 e. The summed E-state index contributed by atoms with van der Waals surface area (Å²) in [5.41, 5.74) is 0. The van der Waals surface area contributed by atoms with E-state index < -0.39 is 0 Å². The molecule has 0 aromatic carbocycles. The zero-order valence-corrected chi connectivity index (χ0v) is 10.8. The van der Waals surface area contributed by atoms with E-state index in [0.29, 0.717) is 12.5 Å². The Morgan fingerprint density at radius 3 is 2.88 bits per heavy atom. The number of carbonyl (C=O) groups is 1. The van der Waals surface area contributed by atoms with E-state index in [2.05, 4.69) is 0 Å². The number of alkyl halides is 1. The summed E-state index contributed by atoms with van der Waals surface area (Å²) in [5, 5.41) is 0. The van der Waals surface area contributed by atoms with Crippen LogP contribution >= 0.6 is 11.6 Å². The summed E-state index contributed by atoms with van der Waals surface area (Å²) in [7, 11) is 1.89. The summed E-state index contributed by atoms with van der Waals surface area (Å²) in [6.45, 7) is 2.25. The van der Waals surface area contributed by atoms with Gasteiger partial charge in [0.25, 0.3) is 0 Å². The standard InChI is InChI=1S/C12H22ClNO2/c1-14(8-4-2-3-7-13)12(15)11-6-5-9-16-10-11/h11H,2-10H2,1H3. The van der Waals surface area contributed by atoms with E-state index in [1.54, 1.807) is 0 Å². The third-order valence-corrected chi connectivity index (χ3v) is 3.28. The van der Waals surface area contributed by atoms with Crippen LogP contribution in [0.2, 0.25) is 0 Å². The van der Waals surface area contributed by atoms with Crippen molar-refractivity contribution in [2.75, 3.05) is 32.7 Å². The van der Waals surface area contributed by atoms with Crippen LogP contribution in [0.15, 0.2) is 0 Å². The van der Waals surface area contributed by atoms with Crippen molar-refractivity contribution in [3.8, 4) is 0 Å². The molecule has 1 atom stereocenters. The Balaban J connectivity index is 2.18. The van der Waals surface area contributed by atoms with Gasteiger partial charge in [0, 0.05) is 26.1 Å². The van der Waals surface area contributed by atoms with Crippen LogP contribution in [0.1, 0.15) is 32.1 Å². The molecule has 0 bridgehead atoms. The number of amides is 1. The first kappa shape index (κ1) is 13.8. The van der Waals surface area contributed by atoms with Gasteiger partial charge in [-0.3, -0.25) is 4.79 Å². The maximum Gasteiger partial charge on any atom is 0.227 e. The molecule has 1 saturated heterocycles. The lowest BCUT2D eigenvalue weighted by Gasteiger charge is -2.26. The summed E-state index contributed by atoms with van der Waals surface area (Å²) in [4.78, 5) is 13.8. The molecule has 1 aliphatic rings. The van der Waals surface area contributed by atoms with Crippen LogP contribution in [0.3, 0.4) is 0 Å². The number of hydrogen-bond acceptors (Lipinski definition) is 2. The second-order valence-corrected chi connectivity index (χ2v) is 4.80. The molecule has 4 heteroatoms. The lowest BCUT2D eigenvalue weighted by molar-refractivity contribution is -0.138. The molecule has 3 nitrogen and oxygen atoms in total. The number of hydrogen-bond donors (Lipinski definition) is 0. The van der Waals surface area contributed by atoms with E-state index in [-0.39, 0.29) is 11.8 Å². The van der Waals surface area contributed by atoms with Gasteiger partial charge in [0.2, 0.25) is 5.91 Å². The van der Waals surface area contributed by atoms with Gasteiger partial charge in [-0.15, -0.1) is 11.6 Å². The van der Waals surface area contributed by atoms with E-state index in [1.165, 1.54) is 0 Å². The molecule has 16 heavy (non-hydrogen) atoms. The largest absolute Gasteiger partial charge is 0.381 e. The van der Waals surface area contributed by atoms with Gasteiger partial charge in [-0.05, 0) is 25.7 Å². The van der Waals surface area contributed by atoms with Crippen LogP contribution in [0.25, 0.3) is 0 Å². The molecule has 1 amide bonds. The number of carbonyl (C=O) groups excluding carboxylic acids is 1. The Kier molecular flexibility index (Phi) is 6.81. The number of halogens is 1. The van der Waals surface area contributed by atoms with E-state index in [0.717, 1.165) is 45.3 Å². The van der Waals surface area contributed by atoms with Crippen molar-refractivity contribution in [3.63, 3.8) is 0 Å². The zero-order valence-electron chi connectivity index (χ0n) is 10.1. The fourth-order valence-corrected chi connectivity index (χ4v) is 2.17. The third kappa shape index (κ3) is 4.71. The minimum absolute atomic E-state index is 0.0896. The Morgan fingerprint density at radius 1 is 1.44 bits per heavy atom. The Labute approximate surface area is 103 Å². The first-order valence-electron chi connectivity index (χ1n) is 6.14. The first-order chi connectivity index (χ1) is 7.75. The van der Waals surface area contributed by atoms with E-state index in [4.69, 9.17) is 16.3 Å². The Hall–Kier alpha value is -0.280. The highest BCUT2D eigenvalue weighted by atomic mass is 35.5. The molecule has 0 aromatic heterocycles. The van der Waals surface area contributed by atoms with Crippen molar-refractivity contribution < 1.29 is 9.53 Å². The molecule has 1 unspecified atom stereocenters. The second kappa shape index (κ2) is 7.91. The fourth-order valence-electron chi connectivity index (χ4n) is 1.98. The smallest absolute Gasteiger partial charge is 0.227 e. The lowest BCUT2D eigenvalue weighted by Crippen LogP contribution is -2.37. The number of rotatable bonds is 6. The zero-order chi connectivity index (χ0) is 11.8. The topological polar surface area (TPSA) is 29.5 Å². The maximum absolute atomic E-state index is 12.0. The lowest BCUT2D eigenvalue weighted by atomic mass is 10.0. The third-order valence-electron chi connectivity index (χ3n) is 3.01. The molecule has 0 saturated carbocycles. The second-order valence-electron chi connectivity index (χ2n) is 4.42. The average molecular weight is 248 g/mol. The van der Waals surface area contributed by atoms with Crippen LogP contribution in [0.4, 0.5) is 0 Å². The first-order valence-corrected chi connectivity index (χ1v) is 6.68. The van der Waals surface area contributed by atoms with E-state index in [1.807, 2.05) is 11.9 Å². The molecular formula is C12H22ClNO2. The average Bonchev–Trinajstić information content (AvgIpc) is 2.34. The predicted octanol–water partition coefficient (Wildman–Crippen LogP) is 2.28. The summed E-state index contributed by atoms with van der Waals surface area (Å²) in [6.07, 6.45) is 5.17. The quantitative estimate of drug-likeness (QED) is 0.532. The van der Waals surface area contributed by atoms with Crippen LogP contribution in [0, 0.1) is 5.92 Å². The van der Waals surface area contributed by atoms with Crippen molar-refractivity contribution >= 4 is 17.5 Å². The van der Waals surface area contributed by atoms with E-state index in [9.17, 15) is 4.79 Å². The summed E-state index contributed by atoms with van der Waals surface area (Å²) >= 11 is 5.60. The van der Waals surface area contributed by atoms with Crippen LogP contribution in [-0.2, 0) is 9.53 Å². The van der Waals surface area contributed by atoms with Crippen LogP contribution < -0.4 is 0 Å². The molecular weight excluding hydrogens is 226 g/mol. The van der Waals surface area contributed by atoms with Gasteiger partial charge in [0.15, 0.2) is 0 Å². The van der Waals surface area contributed by atoms with Crippen molar-refractivity contribution in [2.45, 2.75) is 32.1 Å². The molecule has 0 aliphatic carbocycles. The van der Waals surface area contributed by atoms with Gasteiger partial charge in [0.05, 0.1) is 12.5 Å². The summed E-state index contributed by atoms with van der Waals surface area (Å²) in [5.74, 6) is 1.05. The van der Waals surface area contributed by atoms with Crippen molar-refractivity contribution in [3.05, 3.63) is 0 Å². The van der Waals surface area contributed by atoms with Gasteiger partial charge in [-0.25, -0.2) is 0 Å². The maximum atomic E-state index is 12.0. The molecule has 0 aromatic rings. The van der Waals surface area contributed by atoms with Gasteiger partial charge < -0.3 is 9.64 Å². The Bertz CT molecular complexity index is 205. The predicted molar refractivity (Wildman–Crippen MR) is 65.8 cm³/mol. The molecule has 0 N–H and O–H groups in total. The monoisotopic (exact) mass is 247 g/mol. The van der Waals surface area contributed by atoms with E-state index >= 15 is 0 Å². The molecule has 0 radical (unpaired) electrons. The minimum atomic E-state index is 0.0896. The normalized spacial score (nSPS) is 20.8. The molecule has 94 valence electrons. The van der Waals surface area contributed by atoms with Gasteiger partial charge in [0.1, 0.15) is 0 Å². The molecule has 1 heterocycles. The summed E-state index contributed by atoms with van der Waals surface area (Å²) < 4.78 is 5.33. The van der Waals surface area contributed by atoms with Gasteiger partial charge >= 0.3 is 0 Å². The van der Waals surface area contributed by atoms with Crippen molar-refractivity contribution in [2.24, 2.45) is 5.92 Å². The van der Waals surface area contributed by atoms with Crippen LogP contribution in [0.5, 0.6) is 0 Å². The number of ether oxygens (including phenoxy) is 1. The number of nitrogens with zero attached hydrogens (tertiary/aromatic N) is 1. The highest BCUT2D eigenvalue weighted by Gasteiger charge is 2.24. The fraction of sp³-hybridized carbons (Fsp3) is 0.917. The molecule has 1 rings (SSSR count). The van der Waals surface area contributed by atoms with Crippen molar-refractivity contribution in [1.82, 2.24) is 4.90 Å². The summed E-state index contributed by atoms with van der Waals surface area (Å²) in [6, 6.07) is 0. The van der Waals surface area contributed by atoms with Crippen molar-refractivity contribution in [1.29, 1.82) is 0 Å². The highest BCUT2D eigenvalue weighted by molar-refractivity contribution is 6.17. The molecule has 0 spiro atoms. The van der Waals surface area contributed by atoms with Crippen LogP contribution in [-0.4, -0.2) is 43.5 Å². The van der Waals surface area contributed by atoms with Gasteiger partial charge in [-0.2, -0.15) is 0 Å². The Morgan fingerprint density at radius 2 is 2.25 bits per heavy atom. The molecule has 1 fully saturated rings. The SMILES string of the molecule is CN(CCCCCCl)C(=O)C1CCCOC1. The number of unbranched alkanes of at least 4 members (excludes halogenated alkanes) is 2. The molecule has 1 aliphatic heterocycles.